The van der Waals surface area contributed by atoms with Crippen LogP contribution in [-0.2, 0) is 0 Å². The Bertz CT molecular complexity index is 665. The van der Waals surface area contributed by atoms with Crippen molar-refractivity contribution in [1.29, 1.82) is 0 Å². The number of nitrogens with zero attached hydrogens (tertiary/aromatic N) is 3. The average molecular weight is 364 g/mol. The minimum atomic E-state index is -4.76. The fraction of sp³-hybridized carbons (Fsp3) is 0.250. The summed E-state index contributed by atoms with van der Waals surface area (Å²) in [6, 6.07) is 3.76. The predicted octanol–water partition coefficient (Wildman–Crippen LogP) is 3.94. The number of aromatic nitrogens is 3. The molecule has 0 N–H and O–H groups in total. The van der Waals surface area contributed by atoms with Gasteiger partial charge in [0.25, 0.3) is 0 Å². The van der Waals surface area contributed by atoms with Gasteiger partial charge in [0.05, 0.1) is 15.9 Å². The van der Waals surface area contributed by atoms with E-state index in [9.17, 15) is 13.2 Å². The molecule has 0 radical (unpaired) electrons. The summed E-state index contributed by atoms with van der Waals surface area (Å²) in [5.74, 6) is -0.115. The van der Waals surface area contributed by atoms with Crippen LogP contribution in [0.2, 0.25) is 0 Å². The van der Waals surface area contributed by atoms with E-state index < -0.39 is 6.36 Å². The van der Waals surface area contributed by atoms with E-state index in [1.807, 2.05) is 0 Å². The summed E-state index contributed by atoms with van der Waals surface area (Å²) in [6.45, 7) is 3.49. The minimum absolute atomic E-state index is 0.00879. The number of aryl methyl sites for hydroxylation is 2. The Morgan fingerprint density at radius 2 is 1.81 bits per heavy atom. The first-order valence-corrected chi connectivity index (χ1v) is 6.45. The molecule has 0 atom stereocenters. The number of hydrogen-bond donors (Lipinski definition) is 0. The van der Waals surface area contributed by atoms with Crippen molar-refractivity contribution in [3.05, 3.63) is 34.1 Å². The molecule has 112 valence electrons. The van der Waals surface area contributed by atoms with Crippen molar-refractivity contribution in [2.45, 2.75) is 20.2 Å². The summed E-state index contributed by atoms with van der Waals surface area (Å²) >= 11 is 2.98. The molecule has 0 spiro atoms. The highest BCUT2D eigenvalue weighted by Gasteiger charge is 2.32. The quantitative estimate of drug-likeness (QED) is 0.826. The van der Waals surface area contributed by atoms with E-state index >= 15 is 0 Å². The second-order valence-electron chi connectivity index (χ2n) is 4.01. The molecule has 1 aromatic heterocycles. The Morgan fingerprint density at radius 1 is 1.10 bits per heavy atom. The number of benzene rings is 1. The topological polar surface area (TPSA) is 57.1 Å². The summed E-state index contributed by atoms with van der Waals surface area (Å²) in [4.78, 5) is 4.06. The van der Waals surface area contributed by atoms with Crippen LogP contribution >= 0.6 is 15.9 Å². The van der Waals surface area contributed by atoms with Gasteiger partial charge in [-0.15, -0.1) is 18.3 Å². The first-order valence-electron chi connectivity index (χ1n) is 5.65. The molecule has 2 rings (SSSR count). The van der Waals surface area contributed by atoms with Crippen molar-refractivity contribution in [3.8, 4) is 17.5 Å². The van der Waals surface area contributed by atoms with Crippen LogP contribution in [0.3, 0.4) is 0 Å². The van der Waals surface area contributed by atoms with E-state index in [-0.39, 0.29) is 22.0 Å². The molecule has 0 aliphatic heterocycles. The number of rotatable bonds is 3. The van der Waals surface area contributed by atoms with Gasteiger partial charge in [0, 0.05) is 0 Å². The highest BCUT2D eigenvalue weighted by Crippen LogP contribution is 2.34. The van der Waals surface area contributed by atoms with Gasteiger partial charge < -0.3 is 9.47 Å². The summed E-state index contributed by atoms with van der Waals surface area (Å²) in [6.07, 6.45) is -4.76. The van der Waals surface area contributed by atoms with Crippen molar-refractivity contribution < 1.29 is 22.6 Å². The lowest BCUT2D eigenvalue weighted by atomic mass is 10.3. The second kappa shape index (κ2) is 5.84. The summed E-state index contributed by atoms with van der Waals surface area (Å²) < 4.78 is 45.7. The summed E-state index contributed by atoms with van der Waals surface area (Å²) in [5.41, 5.74) is 1.31. The standard InChI is InChI=1S/C12H9BrF3N3O2/c1-6-7(2)18-19-11(17-6)20-8-3-4-10(9(13)5-8)21-12(14,15)16/h3-5H,1-2H3. The Morgan fingerprint density at radius 3 is 2.38 bits per heavy atom. The van der Waals surface area contributed by atoms with E-state index in [1.165, 1.54) is 12.1 Å². The third-order valence-corrected chi connectivity index (χ3v) is 3.03. The first-order chi connectivity index (χ1) is 9.74. The summed E-state index contributed by atoms with van der Waals surface area (Å²) in [7, 11) is 0. The van der Waals surface area contributed by atoms with E-state index in [0.29, 0.717) is 11.4 Å². The zero-order valence-corrected chi connectivity index (χ0v) is 12.5. The molecule has 0 saturated carbocycles. The molecule has 1 aromatic carbocycles. The van der Waals surface area contributed by atoms with Crippen LogP contribution in [0, 0.1) is 13.8 Å². The molecule has 21 heavy (non-hydrogen) atoms. The SMILES string of the molecule is Cc1nnc(Oc2ccc(OC(F)(F)F)c(Br)c2)nc1C. The van der Waals surface area contributed by atoms with Crippen molar-refractivity contribution in [2.75, 3.05) is 0 Å². The Balaban J connectivity index is 2.18. The van der Waals surface area contributed by atoms with Crippen LogP contribution in [0.15, 0.2) is 22.7 Å². The maximum atomic E-state index is 12.1. The molecule has 0 bridgehead atoms. The van der Waals surface area contributed by atoms with Gasteiger partial charge in [-0.25, -0.2) is 0 Å². The second-order valence-corrected chi connectivity index (χ2v) is 4.86. The smallest absolute Gasteiger partial charge is 0.423 e. The van der Waals surface area contributed by atoms with Crippen molar-refractivity contribution in [1.82, 2.24) is 15.2 Å². The van der Waals surface area contributed by atoms with Crippen LogP contribution in [0.1, 0.15) is 11.4 Å². The third kappa shape index (κ3) is 4.28. The number of ether oxygens (including phenoxy) is 2. The average Bonchev–Trinajstić information content (AvgIpc) is 2.36. The number of hydrogen-bond acceptors (Lipinski definition) is 5. The molecule has 0 fully saturated rings. The lowest BCUT2D eigenvalue weighted by molar-refractivity contribution is -0.274. The lowest BCUT2D eigenvalue weighted by Crippen LogP contribution is -2.17. The lowest BCUT2D eigenvalue weighted by Gasteiger charge is -2.11. The van der Waals surface area contributed by atoms with Gasteiger partial charge in [-0.1, -0.05) is 5.10 Å². The van der Waals surface area contributed by atoms with E-state index in [2.05, 4.69) is 35.8 Å². The Labute approximate surface area is 126 Å². The van der Waals surface area contributed by atoms with Gasteiger partial charge in [-0.05, 0) is 48.0 Å². The molecule has 0 amide bonds. The van der Waals surface area contributed by atoms with Crippen LogP contribution in [-0.4, -0.2) is 21.5 Å². The monoisotopic (exact) mass is 363 g/mol. The molecule has 0 aliphatic carbocycles. The van der Waals surface area contributed by atoms with Crippen molar-refractivity contribution in [3.63, 3.8) is 0 Å². The zero-order chi connectivity index (χ0) is 15.6. The van der Waals surface area contributed by atoms with Crippen molar-refractivity contribution in [2.24, 2.45) is 0 Å². The van der Waals surface area contributed by atoms with Gasteiger partial charge in [0.2, 0.25) is 0 Å². The molecule has 1 heterocycles. The van der Waals surface area contributed by atoms with E-state index in [0.717, 1.165) is 6.07 Å². The van der Waals surface area contributed by atoms with Gasteiger partial charge in [-0.2, -0.15) is 4.98 Å². The molecule has 0 saturated heterocycles. The van der Waals surface area contributed by atoms with Crippen molar-refractivity contribution >= 4 is 15.9 Å². The molecule has 5 nitrogen and oxygen atoms in total. The zero-order valence-electron chi connectivity index (χ0n) is 10.9. The number of halogens is 4. The maximum Gasteiger partial charge on any atom is 0.573 e. The molecular formula is C12H9BrF3N3O2. The largest absolute Gasteiger partial charge is 0.573 e. The molecule has 9 heteroatoms. The normalized spacial score (nSPS) is 11.3. The highest BCUT2D eigenvalue weighted by atomic mass is 79.9. The number of alkyl halides is 3. The van der Waals surface area contributed by atoms with E-state index in [1.54, 1.807) is 13.8 Å². The molecule has 0 unspecified atom stereocenters. The Kier molecular flexibility index (Phi) is 4.31. The van der Waals surface area contributed by atoms with Gasteiger partial charge in [0.1, 0.15) is 11.5 Å². The molecule has 2 aromatic rings. The summed E-state index contributed by atoms with van der Waals surface area (Å²) in [5, 5.41) is 7.58. The van der Waals surface area contributed by atoms with E-state index in [4.69, 9.17) is 4.74 Å². The van der Waals surface area contributed by atoms with Gasteiger partial charge in [0.15, 0.2) is 0 Å². The molecular weight excluding hydrogens is 355 g/mol. The Hall–Kier alpha value is -1.90. The van der Waals surface area contributed by atoms with Gasteiger partial charge in [-0.3, -0.25) is 0 Å². The predicted molar refractivity (Wildman–Crippen MR) is 70.2 cm³/mol. The van der Waals surface area contributed by atoms with Crippen LogP contribution in [0.4, 0.5) is 13.2 Å². The molecule has 0 aliphatic rings. The van der Waals surface area contributed by atoms with Gasteiger partial charge >= 0.3 is 12.4 Å². The highest BCUT2D eigenvalue weighted by molar-refractivity contribution is 9.10. The van der Waals surface area contributed by atoms with Crippen LogP contribution in [0.25, 0.3) is 0 Å². The third-order valence-electron chi connectivity index (χ3n) is 2.41. The minimum Gasteiger partial charge on any atom is -0.423 e. The fourth-order valence-electron chi connectivity index (χ4n) is 1.34. The fourth-order valence-corrected chi connectivity index (χ4v) is 1.78. The van der Waals surface area contributed by atoms with Crippen LogP contribution < -0.4 is 9.47 Å². The maximum absolute atomic E-state index is 12.1. The van der Waals surface area contributed by atoms with Crippen LogP contribution in [0.5, 0.6) is 17.5 Å². The first kappa shape index (κ1) is 15.5.